The van der Waals surface area contributed by atoms with Gasteiger partial charge in [0.1, 0.15) is 0 Å². The molecule has 0 bridgehead atoms. The van der Waals surface area contributed by atoms with Crippen molar-refractivity contribution in [3.63, 3.8) is 0 Å². The molecular weight excluding hydrogens is 240 g/mol. The second kappa shape index (κ2) is 5.21. The van der Waals surface area contributed by atoms with Crippen LogP contribution >= 0.6 is 11.6 Å². The van der Waals surface area contributed by atoms with E-state index in [9.17, 15) is 13.6 Å². The van der Waals surface area contributed by atoms with E-state index in [0.29, 0.717) is 5.69 Å². The summed E-state index contributed by atoms with van der Waals surface area (Å²) in [4.78, 5) is 14.4. The highest BCUT2D eigenvalue weighted by molar-refractivity contribution is 6.16. The Labute approximate surface area is 96.1 Å². The lowest BCUT2D eigenvalue weighted by Gasteiger charge is -2.11. The highest BCUT2D eigenvalue weighted by atomic mass is 35.5. The fraction of sp³-hybridized carbons (Fsp3) is 0.400. The molecule has 16 heavy (non-hydrogen) atoms. The molecule has 3 nitrogen and oxygen atoms in total. The lowest BCUT2D eigenvalue weighted by Crippen LogP contribution is -2.08. The van der Waals surface area contributed by atoms with Crippen LogP contribution in [0.25, 0.3) is 0 Å². The Morgan fingerprint density at radius 3 is 2.69 bits per heavy atom. The van der Waals surface area contributed by atoms with Crippen LogP contribution in [-0.2, 0) is 17.1 Å². The average Bonchev–Trinajstić information content (AvgIpc) is 2.14. The smallest absolute Gasteiger partial charge is 0.307 e. The minimum absolute atomic E-state index is 0.0664. The van der Waals surface area contributed by atoms with Crippen LogP contribution in [0, 0.1) is 6.92 Å². The molecule has 0 aliphatic heterocycles. The number of hydrogen-bond acceptors (Lipinski definition) is 2. The van der Waals surface area contributed by atoms with Crippen LogP contribution in [0.15, 0.2) is 6.07 Å². The summed E-state index contributed by atoms with van der Waals surface area (Å²) in [6, 6.07) is 1.32. The lowest BCUT2D eigenvalue weighted by molar-refractivity contribution is -0.136. The Morgan fingerprint density at radius 2 is 2.25 bits per heavy atom. The van der Waals surface area contributed by atoms with Crippen molar-refractivity contribution in [2.24, 2.45) is 0 Å². The van der Waals surface area contributed by atoms with E-state index < -0.39 is 18.8 Å². The molecule has 6 heteroatoms. The third kappa shape index (κ3) is 2.88. The number of carboxylic acids is 1. The summed E-state index contributed by atoms with van der Waals surface area (Å²) in [6.07, 6.45) is -3.18. The highest BCUT2D eigenvalue weighted by Crippen LogP contribution is 2.27. The fourth-order valence-electron chi connectivity index (χ4n) is 1.49. The zero-order valence-corrected chi connectivity index (χ0v) is 9.26. The predicted molar refractivity (Wildman–Crippen MR) is 54.8 cm³/mol. The van der Waals surface area contributed by atoms with Crippen molar-refractivity contribution in [1.29, 1.82) is 0 Å². The highest BCUT2D eigenvalue weighted by Gasteiger charge is 2.19. The van der Waals surface area contributed by atoms with Gasteiger partial charge < -0.3 is 5.11 Å². The van der Waals surface area contributed by atoms with E-state index >= 15 is 0 Å². The summed E-state index contributed by atoms with van der Waals surface area (Å²) in [7, 11) is 0. The first-order chi connectivity index (χ1) is 7.45. The van der Waals surface area contributed by atoms with Gasteiger partial charge in [0.15, 0.2) is 0 Å². The molecule has 0 spiro atoms. The van der Waals surface area contributed by atoms with Crippen molar-refractivity contribution in [2.45, 2.75) is 25.7 Å². The van der Waals surface area contributed by atoms with E-state index in [0.717, 1.165) is 0 Å². The Bertz CT molecular complexity index is 410. The summed E-state index contributed by atoms with van der Waals surface area (Å²) in [5, 5.41) is 8.63. The molecular formula is C10H10ClF2NO2. The van der Waals surface area contributed by atoms with Gasteiger partial charge in [0.2, 0.25) is 0 Å². The molecule has 0 unspecified atom stereocenters. The Balaban J connectivity index is 3.28. The van der Waals surface area contributed by atoms with Gasteiger partial charge in [-0.2, -0.15) is 0 Å². The number of pyridine rings is 1. The lowest BCUT2D eigenvalue weighted by atomic mass is 10.0. The molecule has 0 fully saturated rings. The Morgan fingerprint density at radius 1 is 1.62 bits per heavy atom. The third-order valence-corrected chi connectivity index (χ3v) is 2.36. The van der Waals surface area contributed by atoms with Crippen LogP contribution in [0.3, 0.4) is 0 Å². The predicted octanol–water partition coefficient (Wildman–Crippen LogP) is 2.69. The molecule has 1 rings (SSSR count). The van der Waals surface area contributed by atoms with Gasteiger partial charge in [-0.1, -0.05) is 0 Å². The molecule has 1 aromatic heterocycles. The van der Waals surface area contributed by atoms with Crippen LogP contribution in [-0.4, -0.2) is 16.1 Å². The molecule has 0 radical (unpaired) electrons. The Hall–Kier alpha value is -1.23. The average molecular weight is 250 g/mol. The number of nitrogens with zero attached hydrogens (tertiary/aromatic N) is 1. The maximum absolute atomic E-state index is 12.7. The van der Waals surface area contributed by atoms with Gasteiger partial charge in [0.25, 0.3) is 6.43 Å². The van der Waals surface area contributed by atoms with E-state index in [1.54, 1.807) is 0 Å². The summed E-state index contributed by atoms with van der Waals surface area (Å²) < 4.78 is 25.4. The number of aromatic nitrogens is 1. The number of halogens is 3. The monoisotopic (exact) mass is 249 g/mol. The molecule has 0 aromatic carbocycles. The topological polar surface area (TPSA) is 50.2 Å². The second-order valence-corrected chi connectivity index (χ2v) is 3.54. The van der Waals surface area contributed by atoms with Gasteiger partial charge in [0, 0.05) is 11.3 Å². The number of aryl methyl sites for hydroxylation is 1. The van der Waals surface area contributed by atoms with E-state index in [4.69, 9.17) is 16.7 Å². The summed E-state index contributed by atoms with van der Waals surface area (Å²) in [5.74, 6) is -1.09. The van der Waals surface area contributed by atoms with E-state index in [2.05, 4.69) is 4.98 Å². The molecule has 0 amide bonds. The van der Waals surface area contributed by atoms with Gasteiger partial charge >= 0.3 is 5.97 Å². The van der Waals surface area contributed by atoms with Gasteiger partial charge in [-0.3, -0.25) is 9.78 Å². The summed E-state index contributed by atoms with van der Waals surface area (Å²) >= 11 is 5.54. The molecule has 0 aliphatic rings. The quantitative estimate of drug-likeness (QED) is 0.835. The zero-order chi connectivity index (χ0) is 12.3. The fourth-order valence-corrected chi connectivity index (χ4v) is 1.63. The molecule has 1 heterocycles. The number of carbonyl (C=O) groups is 1. The molecule has 0 atom stereocenters. The first kappa shape index (κ1) is 12.8. The van der Waals surface area contributed by atoms with Crippen LogP contribution in [0.5, 0.6) is 0 Å². The van der Waals surface area contributed by atoms with Crippen molar-refractivity contribution in [3.05, 3.63) is 28.6 Å². The largest absolute Gasteiger partial charge is 0.481 e. The van der Waals surface area contributed by atoms with Gasteiger partial charge in [-0.25, -0.2) is 8.78 Å². The number of hydrogen-bond donors (Lipinski definition) is 1. The van der Waals surface area contributed by atoms with Crippen molar-refractivity contribution >= 4 is 17.6 Å². The van der Waals surface area contributed by atoms with E-state index in [1.165, 1.54) is 13.0 Å². The van der Waals surface area contributed by atoms with Crippen molar-refractivity contribution < 1.29 is 18.7 Å². The van der Waals surface area contributed by atoms with Crippen molar-refractivity contribution in [1.82, 2.24) is 4.98 Å². The standard InChI is InChI=1S/C10H10ClF2NO2/c1-5-9(10(12)13)6(3-8(15)16)2-7(4-11)14-5/h2,10H,3-4H2,1H3,(H,15,16). The SMILES string of the molecule is Cc1nc(CCl)cc(CC(=O)O)c1C(F)F. The molecule has 0 saturated carbocycles. The van der Waals surface area contributed by atoms with Gasteiger partial charge in [-0.15, -0.1) is 11.6 Å². The van der Waals surface area contributed by atoms with Gasteiger partial charge in [0.05, 0.1) is 18.0 Å². The number of rotatable bonds is 4. The normalized spacial score (nSPS) is 10.8. The Kier molecular flexibility index (Phi) is 4.18. The van der Waals surface area contributed by atoms with Crippen LogP contribution in [0.4, 0.5) is 8.78 Å². The first-order valence-electron chi connectivity index (χ1n) is 4.51. The molecule has 0 saturated heterocycles. The molecule has 1 N–H and O–H groups in total. The van der Waals surface area contributed by atoms with E-state index in [-0.39, 0.29) is 22.7 Å². The summed E-state index contributed by atoms with van der Waals surface area (Å²) in [5.41, 5.74) is 0.297. The minimum Gasteiger partial charge on any atom is -0.481 e. The van der Waals surface area contributed by atoms with Crippen LogP contribution < -0.4 is 0 Å². The molecule has 88 valence electrons. The van der Waals surface area contributed by atoms with Crippen molar-refractivity contribution in [3.8, 4) is 0 Å². The third-order valence-electron chi connectivity index (χ3n) is 2.08. The van der Waals surface area contributed by atoms with Gasteiger partial charge in [-0.05, 0) is 18.6 Å². The van der Waals surface area contributed by atoms with E-state index in [1.807, 2.05) is 0 Å². The van der Waals surface area contributed by atoms with Crippen LogP contribution in [0.1, 0.15) is 28.9 Å². The first-order valence-corrected chi connectivity index (χ1v) is 5.04. The maximum Gasteiger partial charge on any atom is 0.307 e. The zero-order valence-electron chi connectivity index (χ0n) is 8.51. The van der Waals surface area contributed by atoms with Crippen LogP contribution in [0.2, 0.25) is 0 Å². The number of aliphatic carboxylic acids is 1. The maximum atomic E-state index is 12.7. The molecule has 0 aliphatic carbocycles. The minimum atomic E-state index is -2.73. The second-order valence-electron chi connectivity index (χ2n) is 3.28. The molecule has 1 aromatic rings. The number of alkyl halides is 3. The summed E-state index contributed by atoms with van der Waals surface area (Å²) in [6.45, 7) is 1.42. The number of carboxylic acid groups (broad SMARTS) is 1. The van der Waals surface area contributed by atoms with Crippen molar-refractivity contribution in [2.75, 3.05) is 0 Å².